The Bertz CT molecular complexity index is 1100. The van der Waals surface area contributed by atoms with Crippen LogP contribution in [0.25, 0.3) is 0 Å². The minimum absolute atomic E-state index is 0.148. The Balaban J connectivity index is 2.05. The summed E-state index contributed by atoms with van der Waals surface area (Å²) in [6.45, 7) is 1.13. The number of Topliss-reactive ketones (excluding diaryl/α,β-unsaturated/α-hetero) is 1. The van der Waals surface area contributed by atoms with Crippen molar-refractivity contribution in [1.82, 2.24) is 0 Å². The molecule has 4 rings (SSSR count). The number of ketones is 3. The monoisotopic (exact) mass is 384 g/mol. The Morgan fingerprint density at radius 2 is 1.68 bits per heavy atom. The fourth-order valence-corrected chi connectivity index (χ4v) is 4.06. The normalized spacial score (nSPS) is 23.0. The summed E-state index contributed by atoms with van der Waals surface area (Å²) in [6, 6.07) is 3.87. The van der Waals surface area contributed by atoms with Gasteiger partial charge < -0.3 is 25.5 Å². The lowest BCUT2D eigenvalue weighted by Gasteiger charge is -2.36. The van der Waals surface area contributed by atoms with Gasteiger partial charge in [0, 0.05) is 29.5 Å². The zero-order chi connectivity index (χ0) is 20.5. The van der Waals surface area contributed by atoms with Crippen molar-refractivity contribution in [2.45, 2.75) is 31.5 Å². The van der Waals surface area contributed by atoms with Crippen LogP contribution in [-0.2, 0) is 11.2 Å². The zero-order valence-electron chi connectivity index (χ0n) is 14.7. The molecule has 0 heterocycles. The molecule has 2 aromatic rings. The first-order chi connectivity index (χ1) is 13.1. The van der Waals surface area contributed by atoms with E-state index in [9.17, 15) is 39.9 Å². The summed E-state index contributed by atoms with van der Waals surface area (Å²) in [5.41, 5.74) is -3.84. The standard InChI is InChI=1S/C20H16O8/c1-7(21)20(28)5-9-13(11(23)6-20)19(27)15-14(17(9)25)16(24)8-3-2-4-10(22)12(8)18(15)26/h2-4,11,22-23,25,27-28H,5-6H2,1H3. The van der Waals surface area contributed by atoms with Crippen molar-refractivity contribution in [3.8, 4) is 17.2 Å². The van der Waals surface area contributed by atoms with Crippen LogP contribution in [0.4, 0.5) is 0 Å². The van der Waals surface area contributed by atoms with Crippen molar-refractivity contribution in [1.29, 1.82) is 0 Å². The summed E-state index contributed by atoms with van der Waals surface area (Å²) in [5.74, 6) is -4.18. The Morgan fingerprint density at radius 1 is 1.04 bits per heavy atom. The van der Waals surface area contributed by atoms with E-state index in [2.05, 4.69) is 0 Å². The number of aliphatic hydroxyl groups excluding tert-OH is 1. The Morgan fingerprint density at radius 3 is 2.32 bits per heavy atom. The molecular weight excluding hydrogens is 368 g/mol. The highest BCUT2D eigenvalue weighted by atomic mass is 16.3. The predicted octanol–water partition coefficient (Wildman–Crippen LogP) is 0.878. The highest BCUT2D eigenvalue weighted by molar-refractivity contribution is 6.31. The quantitative estimate of drug-likeness (QED) is 0.388. The summed E-state index contributed by atoms with van der Waals surface area (Å²) in [4.78, 5) is 37.6. The third-order valence-corrected chi connectivity index (χ3v) is 5.55. The van der Waals surface area contributed by atoms with E-state index in [1.165, 1.54) is 18.2 Å². The molecule has 2 unspecified atom stereocenters. The third kappa shape index (κ3) is 2.15. The van der Waals surface area contributed by atoms with Crippen molar-refractivity contribution >= 4 is 17.3 Å². The van der Waals surface area contributed by atoms with Gasteiger partial charge in [-0.3, -0.25) is 14.4 Å². The molecule has 0 spiro atoms. The number of hydrogen-bond donors (Lipinski definition) is 5. The van der Waals surface area contributed by atoms with E-state index in [1.54, 1.807) is 0 Å². The third-order valence-electron chi connectivity index (χ3n) is 5.55. The molecule has 0 amide bonds. The van der Waals surface area contributed by atoms with Gasteiger partial charge in [0.2, 0.25) is 5.78 Å². The van der Waals surface area contributed by atoms with E-state index in [-0.39, 0.29) is 22.3 Å². The van der Waals surface area contributed by atoms with Crippen LogP contribution in [0.3, 0.4) is 0 Å². The molecule has 0 saturated heterocycles. The summed E-state index contributed by atoms with van der Waals surface area (Å²) < 4.78 is 0. The number of carbonyl (C=O) groups excluding carboxylic acids is 3. The topological polar surface area (TPSA) is 152 Å². The molecule has 2 aliphatic carbocycles. The molecule has 0 saturated carbocycles. The molecule has 28 heavy (non-hydrogen) atoms. The number of hydrogen-bond acceptors (Lipinski definition) is 8. The molecule has 0 fully saturated rings. The maximum atomic E-state index is 12.9. The van der Waals surface area contributed by atoms with Crippen LogP contribution in [0.2, 0.25) is 0 Å². The van der Waals surface area contributed by atoms with E-state index in [4.69, 9.17) is 0 Å². The van der Waals surface area contributed by atoms with Gasteiger partial charge in [-0.15, -0.1) is 0 Å². The molecule has 8 heteroatoms. The second kappa shape index (κ2) is 5.63. The van der Waals surface area contributed by atoms with Crippen LogP contribution < -0.4 is 0 Å². The predicted molar refractivity (Wildman–Crippen MR) is 93.7 cm³/mol. The molecule has 0 bridgehead atoms. The number of rotatable bonds is 1. The summed E-state index contributed by atoms with van der Waals surface area (Å²) >= 11 is 0. The Hall–Kier alpha value is -3.23. The second-order valence-corrected chi connectivity index (χ2v) is 7.18. The lowest BCUT2D eigenvalue weighted by atomic mass is 9.72. The van der Waals surface area contributed by atoms with E-state index < -0.39 is 70.3 Å². The number of benzene rings is 2. The molecule has 2 atom stereocenters. The number of phenols is 3. The van der Waals surface area contributed by atoms with Crippen LogP contribution >= 0.6 is 0 Å². The Labute approximate surface area is 158 Å². The molecule has 0 aromatic heterocycles. The van der Waals surface area contributed by atoms with E-state index in [0.717, 1.165) is 6.92 Å². The van der Waals surface area contributed by atoms with Gasteiger partial charge in [-0.25, -0.2) is 0 Å². The first-order valence-corrected chi connectivity index (χ1v) is 8.52. The average Bonchev–Trinajstić information content (AvgIpc) is 2.61. The summed E-state index contributed by atoms with van der Waals surface area (Å²) in [5, 5.41) is 52.4. The van der Waals surface area contributed by atoms with Crippen molar-refractivity contribution < 1.29 is 39.9 Å². The number of phenolic OH excluding ortho intramolecular Hbond substituents is 3. The molecule has 5 N–H and O–H groups in total. The fourth-order valence-electron chi connectivity index (χ4n) is 4.06. The largest absolute Gasteiger partial charge is 0.507 e. The molecule has 0 aliphatic heterocycles. The minimum atomic E-state index is -1.98. The van der Waals surface area contributed by atoms with Gasteiger partial charge in [-0.2, -0.15) is 0 Å². The summed E-state index contributed by atoms with van der Waals surface area (Å²) in [6.07, 6.45) is -2.43. The zero-order valence-corrected chi connectivity index (χ0v) is 14.7. The van der Waals surface area contributed by atoms with Gasteiger partial charge in [-0.1, -0.05) is 12.1 Å². The fraction of sp³-hybridized carbons (Fsp3) is 0.250. The van der Waals surface area contributed by atoms with Crippen molar-refractivity contribution in [3.05, 3.63) is 51.6 Å². The second-order valence-electron chi connectivity index (χ2n) is 7.18. The van der Waals surface area contributed by atoms with Crippen molar-refractivity contribution in [2.24, 2.45) is 0 Å². The average molecular weight is 384 g/mol. The SMILES string of the molecule is CC(=O)C1(O)Cc2c(O)c3c(c(O)c2C(O)C1)C(=O)c1c(O)cccc1C3=O. The Kier molecular flexibility index (Phi) is 3.65. The van der Waals surface area contributed by atoms with Gasteiger partial charge >= 0.3 is 0 Å². The van der Waals surface area contributed by atoms with Crippen LogP contribution in [-0.4, -0.2) is 48.5 Å². The van der Waals surface area contributed by atoms with Crippen LogP contribution in [0, 0.1) is 0 Å². The van der Waals surface area contributed by atoms with E-state index in [1.807, 2.05) is 0 Å². The molecule has 2 aliphatic rings. The highest BCUT2D eigenvalue weighted by Gasteiger charge is 2.47. The maximum Gasteiger partial charge on any atom is 0.202 e. The molecule has 0 radical (unpaired) electrons. The van der Waals surface area contributed by atoms with Crippen LogP contribution in [0.5, 0.6) is 17.2 Å². The number of aromatic hydroxyl groups is 3. The van der Waals surface area contributed by atoms with Gasteiger partial charge in [0.15, 0.2) is 11.6 Å². The molecular formula is C20H16O8. The van der Waals surface area contributed by atoms with Gasteiger partial charge in [0.1, 0.15) is 22.8 Å². The van der Waals surface area contributed by atoms with Crippen molar-refractivity contribution in [2.75, 3.05) is 0 Å². The van der Waals surface area contributed by atoms with Crippen molar-refractivity contribution in [3.63, 3.8) is 0 Å². The molecule has 144 valence electrons. The highest BCUT2D eigenvalue weighted by Crippen LogP contribution is 2.50. The minimum Gasteiger partial charge on any atom is -0.507 e. The smallest absolute Gasteiger partial charge is 0.202 e. The maximum absolute atomic E-state index is 12.9. The van der Waals surface area contributed by atoms with Gasteiger partial charge in [-0.05, 0) is 13.0 Å². The molecule has 8 nitrogen and oxygen atoms in total. The van der Waals surface area contributed by atoms with E-state index in [0.29, 0.717) is 0 Å². The van der Waals surface area contributed by atoms with E-state index >= 15 is 0 Å². The van der Waals surface area contributed by atoms with Crippen LogP contribution in [0.1, 0.15) is 62.4 Å². The molecule has 2 aromatic carbocycles. The number of aliphatic hydroxyl groups is 2. The lowest BCUT2D eigenvalue weighted by Crippen LogP contribution is -2.44. The van der Waals surface area contributed by atoms with Gasteiger partial charge in [0.05, 0.1) is 22.8 Å². The number of carbonyl (C=O) groups is 3. The first kappa shape index (κ1) is 18.1. The van der Waals surface area contributed by atoms with Gasteiger partial charge in [0.25, 0.3) is 0 Å². The summed E-state index contributed by atoms with van der Waals surface area (Å²) in [7, 11) is 0. The lowest BCUT2D eigenvalue weighted by molar-refractivity contribution is -0.139. The number of fused-ring (bicyclic) bond motifs is 3. The van der Waals surface area contributed by atoms with Crippen LogP contribution in [0.15, 0.2) is 18.2 Å². The first-order valence-electron chi connectivity index (χ1n) is 8.52.